The Morgan fingerprint density at radius 3 is 2.39 bits per heavy atom. The average molecular weight is 452 g/mol. The maximum Gasteiger partial charge on any atom is 0.332 e. The van der Waals surface area contributed by atoms with Crippen molar-refractivity contribution in [2.45, 2.75) is 26.8 Å². The maximum absolute atomic E-state index is 13.4. The molecule has 0 N–H and O–H groups in total. The van der Waals surface area contributed by atoms with Crippen molar-refractivity contribution in [1.29, 1.82) is 0 Å². The molecule has 0 spiro atoms. The quantitative estimate of drug-likeness (QED) is 0.563. The number of aromatic nitrogens is 3. The summed E-state index contributed by atoms with van der Waals surface area (Å²) in [5.41, 5.74) is 1.05. The first kappa shape index (κ1) is 22.6. The fraction of sp³-hybridized carbons (Fsp3) is 0.417. The van der Waals surface area contributed by atoms with Crippen LogP contribution in [0.2, 0.25) is 0 Å². The SMILES string of the molecule is CCOc1c(CC)cnc2c1c(=O)n(CC(=O)N1CCN(c3ccccc3)CC1)c(=O)n2C. The molecule has 0 unspecified atom stereocenters. The minimum atomic E-state index is -0.567. The van der Waals surface area contributed by atoms with Crippen molar-refractivity contribution < 1.29 is 9.53 Å². The van der Waals surface area contributed by atoms with E-state index in [4.69, 9.17) is 4.74 Å². The number of benzene rings is 1. The van der Waals surface area contributed by atoms with Crippen molar-refractivity contribution in [3.63, 3.8) is 0 Å². The first-order chi connectivity index (χ1) is 16.0. The molecule has 0 radical (unpaired) electrons. The Labute approximate surface area is 191 Å². The third-order valence-corrected chi connectivity index (χ3v) is 6.10. The number of carbonyl (C=O) groups is 1. The largest absolute Gasteiger partial charge is 0.493 e. The summed E-state index contributed by atoms with van der Waals surface area (Å²) in [6.45, 7) is 6.30. The van der Waals surface area contributed by atoms with Gasteiger partial charge in [-0.15, -0.1) is 0 Å². The van der Waals surface area contributed by atoms with E-state index in [1.165, 1.54) is 4.57 Å². The zero-order valence-corrected chi connectivity index (χ0v) is 19.3. The Morgan fingerprint density at radius 1 is 1.06 bits per heavy atom. The number of para-hydroxylation sites is 1. The van der Waals surface area contributed by atoms with Crippen molar-refractivity contribution in [1.82, 2.24) is 19.0 Å². The van der Waals surface area contributed by atoms with Gasteiger partial charge in [-0.25, -0.2) is 14.3 Å². The molecular weight excluding hydrogens is 422 g/mol. The molecule has 3 heterocycles. The number of anilines is 1. The lowest BCUT2D eigenvalue weighted by atomic mass is 10.1. The molecule has 4 rings (SSSR count). The number of piperazine rings is 1. The number of nitrogens with zero attached hydrogens (tertiary/aromatic N) is 5. The monoisotopic (exact) mass is 451 g/mol. The molecule has 1 amide bonds. The number of ether oxygens (including phenoxy) is 1. The molecule has 1 aliphatic heterocycles. The Bertz CT molecular complexity index is 1270. The molecule has 0 atom stereocenters. The normalized spacial score (nSPS) is 14.0. The van der Waals surface area contributed by atoms with Gasteiger partial charge in [-0.05, 0) is 25.5 Å². The lowest BCUT2D eigenvalue weighted by Crippen LogP contribution is -2.51. The Morgan fingerprint density at radius 2 is 1.76 bits per heavy atom. The van der Waals surface area contributed by atoms with Crippen LogP contribution in [0.3, 0.4) is 0 Å². The maximum atomic E-state index is 13.4. The Balaban J connectivity index is 1.62. The lowest BCUT2D eigenvalue weighted by molar-refractivity contribution is -0.132. The molecule has 2 aromatic heterocycles. The predicted octanol–water partition coefficient (Wildman–Crippen LogP) is 1.41. The van der Waals surface area contributed by atoms with Crippen LogP contribution in [-0.2, 0) is 24.8 Å². The summed E-state index contributed by atoms with van der Waals surface area (Å²) in [5, 5.41) is 0.236. The van der Waals surface area contributed by atoms with Gasteiger partial charge in [0.25, 0.3) is 5.56 Å². The van der Waals surface area contributed by atoms with Crippen molar-refractivity contribution in [3.8, 4) is 5.75 Å². The second-order valence-corrected chi connectivity index (χ2v) is 8.03. The third kappa shape index (κ3) is 4.22. The zero-order valence-electron chi connectivity index (χ0n) is 19.3. The summed E-state index contributed by atoms with van der Waals surface area (Å²) in [6.07, 6.45) is 2.26. The summed E-state index contributed by atoms with van der Waals surface area (Å²) < 4.78 is 8.08. The van der Waals surface area contributed by atoms with Crippen LogP contribution >= 0.6 is 0 Å². The number of aryl methyl sites for hydroxylation is 2. The van der Waals surface area contributed by atoms with Crippen LogP contribution in [0.25, 0.3) is 11.0 Å². The third-order valence-electron chi connectivity index (χ3n) is 6.10. The van der Waals surface area contributed by atoms with Crippen LogP contribution in [-0.4, -0.2) is 57.7 Å². The molecular formula is C24H29N5O4. The summed E-state index contributed by atoms with van der Waals surface area (Å²) >= 11 is 0. The van der Waals surface area contributed by atoms with Gasteiger partial charge in [-0.2, -0.15) is 0 Å². The van der Waals surface area contributed by atoms with E-state index < -0.39 is 11.2 Å². The van der Waals surface area contributed by atoms with Crippen LogP contribution in [0.1, 0.15) is 19.4 Å². The molecule has 174 valence electrons. The highest BCUT2D eigenvalue weighted by Crippen LogP contribution is 2.25. The fourth-order valence-electron chi connectivity index (χ4n) is 4.25. The molecule has 1 aliphatic rings. The number of pyridine rings is 1. The highest BCUT2D eigenvalue weighted by molar-refractivity contribution is 5.83. The second-order valence-electron chi connectivity index (χ2n) is 8.03. The molecule has 1 saturated heterocycles. The van der Waals surface area contributed by atoms with E-state index >= 15 is 0 Å². The topological polar surface area (TPSA) is 89.7 Å². The van der Waals surface area contributed by atoms with E-state index in [0.717, 1.165) is 15.8 Å². The van der Waals surface area contributed by atoms with Gasteiger partial charge in [0.15, 0.2) is 5.65 Å². The van der Waals surface area contributed by atoms with E-state index in [1.54, 1.807) is 18.1 Å². The zero-order chi connectivity index (χ0) is 23.5. The van der Waals surface area contributed by atoms with Crippen LogP contribution < -0.4 is 20.9 Å². The molecule has 0 saturated carbocycles. The first-order valence-electron chi connectivity index (χ1n) is 11.3. The van der Waals surface area contributed by atoms with Crippen LogP contribution in [0.15, 0.2) is 46.1 Å². The van der Waals surface area contributed by atoms with Crippen molar-refractivity contribution in [2.24, 2.45) is 7.05 Å². The second kappa shape index (κ2) is 9.48. The van der Waals surface area contributed by atoms with Gasteiger partial charge in [0.1, 0.15) is 17.7 Å². The molecule has 0 bridgehead atoms. The van der Waals surface area contributed by atoms with Crippen molar-refractivity contribution >= 4 is 22.6 Å². The predicted molar refractivity (Wildman–Crippen MR) is 127 cm³/mol. The van der Waals surface area contributed by atoms with Gasteiger partial charge >= 0.3 is 5.69 Å². The summed E-state index contributed by atoms with van der Waals surface area (Å²) in [4.78, 5) is 47.6. The number of amides is 1. The average Bonchev–Trinajstić information content (AvgIpc) is 2.85. The number of hydrogen-bond acceptors (Lipinski definition) is 6. The van der Waals surface area contributed by atoms with E-state index in [2.05, 4.69) is 9.88 Å². The molecule has 1 fully saturated rings. The molecule has 3 aromatic rings. The van der Waals surface area contributed by atoms with Crippen LogP contribution in [0.4, 0.5) is 5.69 Å². The number of rotatable bonds is 6. The number of fused-ring (bicyclic) bond motifs is 1. The smallest absolute Gasteiger partial charge is 0.332 e. The first-order valence-corrected chi connectivity index (χ1v) is 11.3. The van der Waals surface area contributed by atoms with E-state index in [-0.39, 0.29) is 23.5 Å². The molecule has 9 heteroatoms. The Kier molecular flexibility index (Phi) is 6.48. The van der Waals surface area contributed by atoms with Gasteiger partial charge in [0.2, 0.25) is 5.91 Å². The minimum absolute atomic E-state index is 0.236. The summed E-state index contributed by atoms with van der Waals surface area (Å²) in [5.74, 6) is 0.183. The lowest BCUT2D eigenvalue weighted by Gasteiger charge is -2.36. The van der Waals surface area contributed by atoms with E-state index in [9.17, 15) is 14.4 Å². The molecule has 1 aromatic carbocycles. The summed E-state index contributed by atoms with van der Waals surface area (Å²) in [7, 11) is 1.55. The van der Waals surface area contributed by atoms with Crippen LogP contribution in [0.5, 0.6) is 5.75 Å². The Hall–Kier alpha value is -3.62. The van der Waals surface area contributed by atoms with Crippen LogP contribution in [0, 0.1) is 0 Å². The summed E-state index contributed by atoms with van der Waals surface area (Å²) in [6, 6.07) is 10.0. The highest BCUT2D eigenvalue weighted by atomic mass is 16.5. The van der Waals surface area contributed by atoms with Crippen molar-refractivity contribution in [3.05, 3.63) is 62.9 Å². The van der Waals surface area contributed by atoms with Gasteiger partial charge in [-0.3, -0.25) is 14.2 Å². The van der Waals surface area contributed by atoms with E-state index in [1.807, 2.05) is 44.2 Å². The van der Waals surface area contributed by atoms with Gasteiger partial charge in [-0.1, -0.05) is 25.1 Å². The van der Waals surface area contributed by atoms with E-state index in [0.29, 0.717) is 45.0 Å². The fourth-order valence-corrected chi connectivity index (χ4v) is 4.25. The number of hydrogen-bond donors (Lipinski definition) is 0. The standard InChI is InChI=1S/C24H29N5O4/c1-4-17-15-25-22-20(21(17)33-5-2)23(31)29(24(32)26(22)3)16-19(30)28-13-11-27(12-14-28)18-9-7-6-8-10-18/h6-10,15H,4-5,11-14,16H2,1-3H3. The van der Waals surface area contributed by atoms with Gasteiger partial charge in [0.05, 0.1) is 6.61 Å². The van der Waals surface area contributed by atoms with Crippen molar-refractivity contribution in [2.75, 3.05) is 37.7 Å². The molecule has 33 heavy (non-hydrogen) atoms. The number of carbonyl (C=O) groups excluding carboxylic acids is 1. The van der Waals surface area contributed by atoms with Gasteiger partial charge in [0, 0.05) is 50.7 Å². The minimum Gasteiger partial charge on any atom is -0.493 e. The highest BCUT2D eigenvalue weighted by Gasteiger charge is 2.24. The molecule has 0 aliphatic carbocycles. The van der Waals surface area contributed by atoms with Gasteiger partial charge < -0.3 is 14.5 Å². The molecule has 9 nitrogen and oxygen atoms in total.